The smallest absolute Gasteiger partial charge is 0.161 e. The van der Waals surface area contributed by atoms with E-state index in [9.17, 15) is 0 Å². The highest BCUT2D eigenvalue weighted by atomic mass is 16.5. The van der Waals surface area contributed by atoms with Gasteiger partial charge in [0.2, 0.25) is 0 Å². The van der Waals surface area contributed by atoms with Gasteiger partial charge in [-0.1, -0.05) is 12.1 Å². The van der Waals surface area contributed by atoms with Crippen molar-refractivity contribution in [1.82, 2.24) is 10.2 Å². The first-order chi connectivity index (χ1) is 10.2. The molecule has 0 unspecified atom stereocenters. The molecule has 0 aliphatic carbocycles. The third-order valence-electron chi connectivity index (χ3n) is 3.61. The highest BCUT2D eigenvalue weighted by Crippen LogP contribution is 2.32. The number of nitrogens with zero attached hydrogens (tertiary/aromatic N) is 1. The van der Waals surface area contributed by atoms with Crippen molar-refractivity contribution in [3.05, 3.63) is 29.8 Å². The monoisotopic (exact) mass is 290 g/mol. The molecule has 1 N–H and O–H groups in total. The number of ether oxygens (including phenoxy) is 2. The van der Waals surface area contributed by atoms with Crippen LogP contribution in [0.1, 0.15) is 18.4 Å². The molecule has 4 heteroatoms. The van der Waals surface area contributed by atoms with Gasteiger partial charge in [-0.3, -0.25) is 0 Å². The minimum Gasteiger partial charge on any atom is -0.493 e. The Balaban J connectivity index is 2.00. The van der Waals surface area contributed by atoms with Crippen LogP contribution in [0.25, 0.3) is 5.57 Å². The maximum atomic E-state index is 5.84. The van der Waals surface area contributed by atoms with Gasteiger partial charge in [0.1, 0.15) is 0 Å². The molecule has 4 nitrogen and oxygen atoms in total. The molecule has 116 valence electrons. The van der Waals surface area contributed by atoms with Gasteiger partial charge in [-0.2, -0.15) is 0 Å². The summed E-state index contributed by atoms with van der Waals surface area (Å²) in [5.41, 5.74) is 2.61. The predicted octanol–water partition coefficient (Wildman–Crippen LogP) is 2.40. The minimum atomic E-state index is 0.709. The molecule has 0 aromatic heterocycles. The summed E-state index contributed by atoms with van der Waals surface area (Å²) in [6.45, 7) is 3.72. The molecule has 0 saturated heterocycles. The Kier molecular flexibility index (Phi) is 6.08. The molecule has 1 aromatic carbocycles. The first-order valence-electron chi connectivity index (χ1n) is 7.56. The van der Waals surface area contributed by atoms with E-state index in [2.05, 4.69) is 42.5 Å². The molecule has 0 atom stereocenters. The van der Waals surface area contributed by atoms with Gasteiger partial charge in [-0.25, -0.2) is 0 Å². The van der Waals surface area contributed by atoms with Gasteiger partial charge in [0, 0.05) is 13.1 Å². The molecule has 1 heterocycles. The molecule has 0 spiro atoms. The number of nitrogens with one attached hydrogen (secondary N) is 1. The van der Waals surface area contributed by atoms with Gasteiger partial charge in [-0.15, -0.1) is 0 Å². The van der Waals surface area contributed by atoms with Crippen molar-refractivity contribution in [1.29, 1.82) is 0 Å². The van der Waals surface area contributed by atoms with Gasteiger partial charge >= 0.3 is 0 Å². The predicted molar refractivity (Wildman–Crippen MR) is 87.1 cm³/mol. The van der Waals surface area contributed by atoms with E-state index >= 15 is 0 Å². The summed E-state index contributed by atoms with van der Waals surface area (Å²) in [5.74, 6) is 1.64. The number of benzene rings is 1. The molecule has 0 radical (unpaired) electrons. The summed E-state index contributed by atoms with van der Waals surface area (Å²) in [4.78, 5) is 2.16. The molecule has 2 rings (SSSR count). The Morgan fingerprint density at radius 1 is 1.24 bits per heavy atom. The highest BCUT2D eigenvalue weighted by molar-refractivity contribution is 5.69. The normalized spacial score (nSPS) is 15.0. The average molecular weight is 290 g/mol. The van der Waals surface area contributed by atoms with Crippen molar-refractivity contribution < 1.29 is 9.47 Å². The van der Waals surface area contributed by atoms with E-state index in [4.69, 9.17) is 9.47 Å². The lowest BCUT2D eigenvalue weighted by molar-refractivity contribution is 0.268. The van der Waals surface area contributed by atoms with Crippen molar-refractivity contribution in [3.8, 4) is 11.5 Å². The lowest BCUT2D eigenvalue weighted by Crippen LogP contribution is -2.20. The SMILES string of the molecule is COc1cc(C2=CCNCC2)ccc1OCCCN(C)C. The van der Waals surface area contributed by atoms with E-state index in [0.717, 1.165) is 44.0 Å². The zero-order valence-corrected chi connectivity index (χ0v) is 13.3. The largest absolute Gasteiger partial charge is 0.493 e. The van der Waals surface area contributed by atoms with Gasteiger partial charge in [0.25, 0.3) is 0 Å². The zero-order chi connectivity index (χ0) is 15.1. The van der Waals surface area contributed by atoms with Crippen molar-refractivity contribution >= 4 is 5.57 Å². The summed E-state index contributed by atoms with van der Waals surface area (Å²) in [5, 5.41) is 3.33. The molecular formula is C17H26N2O2. The Morgan fingerprint density at radius 3 is 2.76 bits per heavy atom. The van der Waals surface area contributed by atoms with Crippen molar-refractivity contribution in [2.75, 3.05) is 47.4 Å². The van der Waals surface area contributed by atoms with E-state index in [-0.39, 0.29) is 0 Å². The number of hydrogen-bond acceptors (Lipinski definition) is 4. The third-order valence-corrected chi connectivity index (χ3v) is 3.61. The summed E-state index contributed by atoms with van der Waals surface area (Å²) in [6, 6.07) is 6.23. The highest BCUT2D eigenvalue weighted by Gasteiger charge is 2.10. The Labute approximate surface area is 127 Å². The maximum Gasteiger partial charge on any atom is 0.161 e. The molecule has 0 amide bonds. The summed E-state index contributed by atoms with van der Waals surface area (Å²) in [7, 11) is 5.84. The molecular weight excluding hydrogens is 264 g/mol. The van der Waals surface area contributed by atoms with Crippen LogP contribution < -0.4 is 14.8 Å². The summed E-state index contributed by atoms with van der Waals surface area (Å²) >= 11 is 0. The fraction of sp³-hybridized carbons (Fsp3) is 0.529. The Morgan fingerprint density at radius 2 is 2.10 bits per heavy atom. The molecule has 0 bridgehead atoms. The zero-order valence-electron chi connectivity index (χ0n) is 13.3. The van der Waals surface area contributed by atoms with E-state index in [0.29, 0.717) is 6.61 Å². The minimum absolute atomic E-state index is 0.709. The number of methoxy groups -OCH3 is 1. The quantitative estimate of drug-likeness (QED) is 0.782. The van der Waals surface area contributed by atoms with Crippen LogP contribution >= 0.6 is 0 Å². The lowest BCUT2D eigenvalue weighted by atomic mass is 10.00. The van der Waals surface area contributed by atoms with Gasteiger partial charge < -0.3 is 19.7 Å². The van der Waals surface area contributed by atoms with Gasteiger partial charge in [0.05, 0.1) is 13.7 Å². The van der Waals surface area contributed by atoms with Gasteiger partial charge in [-0.05, 0) is 56.8 Å². The van der Waals surface area contributed by atoms with Crippen LogP contribution in [0.5, 0.6) is 11.5 Å². The maximum absolute atomic E-state index is 5.84. The van der Waals surface area contributed by atoms with E-state index < -0.39 is 0 Å². The first kappa shape index (κ1) is 15.9. The van der Waals surface area contributed by atoms with Crippen LogP contribution in [0.3, 0.4) is 0 Å². The van der Waals surface area contributed by atoms with Crippen LogP contribution in [0.4, 0.5) is 0 Å². The van der Waals surface area contributed by atoms with Gasteiger partial charge in [0.15, 0.2) is 11.5 Å². The molecule has 1 aliphatic heterocycles. The van der Waals surface area contributed by atoms with Crippen LogP contribution in [-0.2, 0) is 0 Å². The Bertz CT molecular complexity index is 484. The van der Waals surface area contributed by atoms with Crippen molar-refractivity contribution in [2.45, 2.75) is 12.8 Å². The lowest BCUT2D eigenvalue weighted by Gasteiger charge is -2.17. The standard InChI is InChI=1S/C17H26N2O2/c1-19(2)11-4-12-21-16-6-5-15(13-17(16)20-3)14-7-9-18-10-8-14/h5-7,13,18H,4,8-12H2,1-3H3. The number of rotatable bonds is 7. The molecule has 1 aromatic rings. The van der Waals surface area contributed by atoms with E-state index in [1.807, 2.05) is 6.07 Å². The van der Waals surface area contributed by atoms with Crippen LogP contribution in [-0.4, -0.2) is 52.3 Å². The fourth-order valence-corrected chi connectivity index (χ4v) is 2.43. The second kappa shape index (κ2) is 8.05. The molecule has 0 saturated carbocycles. The topological polar surface area (TPSA) is 33.7 Å². The second-order valence-electron chi connectivity index (χ2n) is 5.55. The third kappa shape index (κ3) is 4.76. The molecule has 1 aliphatic rings. The van der Waals surface area contributed by atoms with E-state index in [1.54, 1.807) is 7.11 Å². The van der Waals surface area contributed by atoms with Crippen LogP contribution in [0.2, 0.25) is 0 Å². The van der Waals surface area contributed by atoms with E-state index in [1.165, 1.54) is 11.1 Å². The summed E-state index contributed by atoms with van der Waals surface area (Å²) in [6.07, 6.45) is 4.32. The van der Waals surface area contributed by atoms with Crippen LogP contribution in [0.15, 0.2) is 24.3 Å². The molecule has 0 fully saturated rings. The average Bonchev–Trinajstić information content (AvgIpc) is 2.52. The Hall–Kier alpha value is -1.52. The second-order valence-corrected chi connectivity index (χ2v) is 5.55. The summed E-state index contributed by atoms with van der Waals surface area (Å²) < 4.78 is 11.3. The first-order valence-corrected chi connectivity index (χ1v) is 7.56. The fourth-order valence-electron chi connectivity index (χ4n) is 2.43. The van der Waals surface area contributed by atoms with Crippen LogP contribution in [0, 0.1) is 0 Å². The van der Waals surface area contributed by atoms with Crippen molar-refractivity contribution in [2.24, 2.45) is 0 Å². The van der Waals surface area contributed by atoms with Crippen molar-refractivity contribution in [3.63, 3.8) is 0 Å². The number of hydrogen-bond donors (Lipinski definition) is 1. The molecule has 21 heavy (non-hydrogen) atoms.